The molecule has 0 aliphatic heterocycles. The van der Waals surface area contributed by atoms with E-state index in [9.17, 15) is 20.4 Å². The fourth-order valence-corrected chi connectivity index (χ4v) is 11.7. The smallest absolute Gasteiger partial charge is 0.508 e. The monoisotopic (exact) mass is 1330 g/mol. The molecule has 490 valence electrons. The normalized spacial score (nSPS) is 11.0. The molecule has 22 N–H and O–H groups in total. The first-order valence-corrected chi connectivity index (χ1v) is 30.7. The summed E-state index contributed by atoms with van der Waals surface area (Å²) < 4.78 is 28.0. The van der Waals surface area contributed by atoms with Gasteiger partial charge in [0.1, 0.15) is 23.0 Å². The quantitative estimate of drug-likeness (QED) is 0.00970. The number of nitrogen functional groups attached to an aromatic ring is 8. The number of phenols is 4. The van der Waals surface area contributed by atoms with Gasteiger partial charge in [-0.05, 0) is 212 Å². The Hall–Kier alpha value is -11.5. The predicted octanol–water partition coefficient (Wildman–Crippen LogP) is 10.5. The Morgan fingerprint density at radius 1 is 0.278 bits per heavy atom. The van der Waals surface area contributed by atoms with Crippen LogP contribution in [0.4, 0.5) is 45.5 Å². The molecule has 0 aliphatic rings. The number of rotatable bonds is 13. The standard InChI is InChI=1S/2C25H24N4.C25H20O4.HNO2.Na.H2O5S.H2/c3*26-21-9-1-17(2-10-21)25(18-3-11-22(27)12-4-18,19-5-13-23(28)14-6-19)20-7-15-24(29)16-8-20;2-1-3;;1-5-6(2,3)4;/h2*1-16H,26-29H2;1-16,26-29H;(H,2,3);;1H,(H,2,3,4);1H/q;;;;+1;;/p-1. The summed E-state index contributed by atoms with van der Waals surface area (Å²) in [5.41, 5.74) is 64.0. The molecule has 0 saturated carbocycles. The summed E-state index contributed by atoms with van der Waals surface area (Å²) in [6.07, 6.45) is 0. The zero-order chi connectivity index (χ0) is 69.2. The SMILES string of the molecule is Nc1ccc(C(c2ccc(N)cc2)(c2ccc(N)cc2)c2ccc(N)cc2)cc1.Nc1ccc(C(c2ccc(N)cc2)(c2ccc(N)cc2)c2ccc(N)cc2)cc1.O=N[O-].O=S(=O)(O)OO.Oc1ccc(C(c2ccc(O)cc2)(c2ccc(O)cc2)c2ccc(O)cc2)cc1.[HH].[Na+]. The molecule has 20 nitrogen and oxygen atoms in total. The number of hydrogen-bond acceptors (Lipinski definition) is 19. The summed E-state index contributed by atoms with van der Waals surface area (Å²) in [5, 5.41) is 55.4. The van der Waals surface area contributed by atoms with Crippen LogP contribution in [-0.4, -0.2) is 38.7 Å². The van der Waals surface area contributed by atoms with E-state index in [4.69, 9.17) is 74.2 Å². The molecule has 0 radical (unpaired) electrons. The zero-order valence-corrected chi connectivity index (χ0v) is 55.2. The number of nitrogens with zero attached hydrogens (tertiary/aromatic N) is 1. The van der Waals surface area contributed by atoms with Gasteiger partial charge in [-0.3, -0.25) is 4.55 Å². The van der Waals surface area contributed by atoms with Gasteiger partial charge in [-0.1, -0.05) is 150 Å². The Morgan fingerprint density at radius 2 is 0.361 bits per heavy atom. The van der Waals surface area contributed by atoms with Gasteiger partial charge in [-0.25, -0.2) is 5.26 Å². The van der Waals surface area contributed by atoms with Crippen LogP contribution in [0.1, 0.15) is 68.2 Å². The molecule has 0 unspecified atom stereocenters. The Morgan fingerprint density at radius 3 is 0.443 bits per heavy atom. The van der Waals surface area contributed by atoms with Crippen molar-refractivity contribution in [3.05, 3.63) is 368 Å². The fourth-order valence-electron chi connectivity index (χ4n) is 11.7. The minimum atomic E-state index is -4.61. The molecule has 0 spiro atoms. The van der Waals surface area contributed by atoms with Crippen molar-refractivity contribution in [3.8, 4) is 23.0 Å². The molecule has 0 aromatic heterocycles. The van der Waals surface area contributed by atoms with E-state index in [1.54, 1.807) is 48.5 Å². The second-order valence-corrected chi connectivity index (χ2v) is 23.0. The van der Waals surface area contributed by atoms with E-state index in [0.29, 0.717) is 0 Å². The Labute approximate surface area is 584 Å². The summed E-state index contributed by atoms with van der Waals surface area (Å²) >= 11 is 0. The van der Waals surface area contributed by atoms with Crippen LogP contribution >= 0.6 is 0 Å². The number of anilines is 8. The molecule has 0 heterocycles. The maximum atomic E-state index is 9.84. The van der Waals surface area contributed by atoms with Crippen molar-refractivity contribution in [2.24, 2.45) is 5.34 Å². The summed E-state index contributed by atoms with van der Waals surface area (Å²) in [7, 11) is -4.61. The van der Waals surface area contributed by atoms with E-state index in [1.165, 1.54) is 0 Å². The van der Waals surface area contributed by atoms with Crippen molar-refractivity contribution in [1.82, 2.24) is 0 Å². The minimum absolute atomic E-state index is 0. The van der Waals surface area contributed by atoms with Crippen molar-refractivity contribution in [2.45, 2.75) is 16.2 Å². The van der Waals surface area contributed by atoms with Crippen LogP contribution in [-0.2, 0) is 31.0 Å². The third-order valence-corrected chi connectivity index (χ3v) is 16.2. The van der Waals surface area contributed by atoms with Crippen LogP contribution in [0.3, 0.4) is 0 Å². The van der Waals surface area contributed by atoms with Gasteiger partial charge in [0.25, 0.3) is 0 Å². The van der Waals surface area contributed by atoms with Crippen molar-refractivity contribution in [1.29, 1.82) is 0 Å². The number of benzene rings is 12. The van der Waals surface area contributed by atoms with Gasteiger partial charge in [-0.15, -0.1) is 5.34 Å². The van der Waals surface area contributed by atoms with E-state index in [0.717, 1.165) is 118 Å². The van der Waals surface area contributed by atoms with Crippen LogP contribution in [0, 0.1) is 10.1 Å². The molecule has 0 bridgehead atoms. The van der Waals surface area contributed by atoms with E-state index >= 15 is 0 Å². The van der Waals surface area contributed by atoms with Gasteiger partial charge >= 0.3 is 40.0 Å². The Kier molecular flexibility index (Phi) is 24.5. The molecule has 0 saturated heterocycles. The second kappa shape index (κ2) is 32.5. The number of phenolic OH excluding ortho intramolecular Hbond substituents is 4. The first-order valence-electron chi connectivity index (χ1n) is 29.3. The first kappa shape index (κ1) is 72.9. The fraction of sp³-hybridized carbons (Fsp3) is 0.0400. The molecule has 0 aliphatic carbocycles. The van der Waals surface area contributed by atoms with Gasteiger partial charge in [-0.2, -0.15) is 8.42 Å². The summed E-state index contributed by atoms with van der Waals surface area (Å²) in [6.45, 7) is 0. The topological polar surface area (TPSA) is 425 Å². The summed E-state index contributed by atoms with van der Waals surface area (Å²) in [6, 6.07) is 91.7. The largest absolute Gasteiger partial charge is 1.00 e. The van der Waals surface area contributed by atoms with E-state index in [1.807, 2.05) is 146 Å². The predicted molar refractivity (Wildman–Crippen MR) is 383 cm³/mol. The molecular weight excluding hydrogens is 1260 g/mol. The average Bonchev–Trinajstić information content (AvgIpc) is 0.751. The third-order valence-electron chi connectivity index (χ3n) is 16.0. The second-order valence-electron chi connectivity index (χ2n) is 22.0. The van der Waals surface area contributed by atoms with Crippen LogP contribution in [0.5, 0.6) is 23.0 Å². The van der Waals surface area contributed by atoms with Crippen molar-refractivity contribution < 1.29 is 74.0 Å². The number of nitrogens with two attached hydrogens (primary N) is 8. The van der Waals surface area contributed by atoms with Gasteiger partial charge < -0.3 is 76.4 Å². The van der Waals surface area contributed by atoms with E-state index in [2.05, 4.69) is 101 Å². The molecule has 0 atom stereocenters. The molecule has 12 aromatic rings. The molecule has 97 heavy (non-hydrogen) atoms. The minimum Gasteiger partial charge on any atom is -0.508 e. The van der Waals surface area contributed by atoms with Crippen molar-refractivity contribution >= 4 is 55.9 Å². The van der Waals surface area contributed by atoms with E-state index < -0.39 is 26.6 Å². The first-order chi connectivity index (χ1) is 46.0. The molecule has 0 amide bonds. The summed E-state index contributed by atoms with van der Waals surface area (Å²) in [5.74, 6) is 0.629. The van der Waals surface area contributed by atoms with Crippen LogP contribution in [0.25, 0.3) is 0 Å². The molecule has 12 rings (SSSR count). The Balaban J connectivity index is 0.000000216. The van der Waals surface area contributed by atoms with Crippen LogP contribution in [0.15, 0.2) is 297 Å². The van der Waals surface area contributed by atoms with Crippen LogP contribution in [0.2, 0.25) is 0 Å². The molecule has 12 aromatic carbocycles. The van der Waals surface area contributed by atoms with Gasteiger partial charge in [0.05, 0.1) is 16.2 Å². The zero-order valence-electron chi connectivity index (χ0n) is 52.4. The van der Waals surface area contributed by atoms with Crippen LogP contribution < -0.4 is 75.4 Å². The molecular formula is C75H72N9NaO11S. The van der Waals surface area contributed by atoms with Gasteiger partial charge in [0.2, 0.25) is 0 Å². The van der Waals surface area contributed by atoms with Gasteiger partial charge in [0, 0.05) is 46.9 Å². The van der Waals surface area contributed by atoms with E-state index in [-0.39, 0.29) is 54.0 Å². The molecule has 22 heteroatoms. The maximum absolute atomic E-state index is 9.84. The summed E-state index contributed by atoms with van der Waals surface area (Å²) in [4.78, 5) is 8.00. The number of hydrogen-bond donors (Lipinski definition) is 14. The third kappa shape index (κ3) is 17.1. The number of aromatic hydroxyl groups is 4. The maximum Gasteiger partial charge on any atom is 1.00 e. The van der Waals surface area contributed by atoms with Crippen molar-refractivity contribution in [3.63, 3.8) is 0 Å². The molecule has 0 fully saturated rings. The van der Waals surface area contributed by atoms with Gasteiger partial charge in [0.15, 0.2) is 0 Å². The van der Waals surface area contributed by atoms with Crippen molar-refractivity contribution in [2.75, 3.05) is 45.9 Å². The Bertz CT molecular complexity index is 3570. The average molecular weight is 1330 g/mol.